The number of Topliss-reactive ketones (excluding diaryl/α,β-unsaturated/α-hetero) is 1. The lowest BCUT2D eigenvalue weighted by atomic mass is 10.0. The second kappa shape index (κ2) is 5.40. The summed E-state index contributed by atoms with van der Waals surface area (Å²) in [7, 11) is 0. The third-order valence-corrected chi connectivity index (χ3v) is 3.05. The number of halogens is 3. The fourth-order valence-electron chi connectivity index (χ4n) is 1.59. The minimum Gasteiger partial charge on any atom is -0.294 e. The fourth-order valence-corrected chi connectivity index (χ4v) is 1.85. The Labute approximate surface area is 112 Å². The maximum atomic E-state index is 13.4. The Morgan fingerprint density at radius 2 is 1.72 bits per heavy atom. The van der Waals surface area contributed by atoms with Crippen LogP contribution in [0.25, 0.3) is 0 Å². The highest BCUT2D eigenvalue weighted by molar-refractivity contribution is 9.10. The second-order valence-corrected chi connectivity index (χ2v) is 4.76. The van der Waals surface area contributed by atoms with Gasteiger partial charge in [0.1, 0.15) is 11.6 Å². The summed E-state index contributed by atoms with van der Waals surface area (Å²) in [6.45, 7) is 0. The Bertz CT molecular complexity index is 579. The molecule has 0 aliphatic carbocycles. The molecule has 0 amide bonds. The predicted molar refractivity (Wildman–Crippen MR) is 68.5 cm³/mol. The first-order valence-electron chi connectivity index (χ1n) is 5.29. The van der Waals surface area contributed by atoms with E-state index in [4.69, 9.17) is 0 Å². The van der Waals surface area contributed by atoms with Gasteiger partial charge in [0, 0.05) is 16.5 Å². The Kier molecular flexibility index (Phi) is 3.87. The van der Waals surface area contributed by atoms with Crippen LogP contribution in [-0.4, -0.2) is 5.78 Å². The molecule has 0 aromatic heterocycles. The first kappa shape index (κ1) is 12.9. The molecule has 0 atom stereocenters. The van der Waals surface area contributed by atoms with E-state index in [0.717, 1.165) is 22.7 Å². The summed E-state index contributed by atoms with van der Waals surface area (Å²) in [6.07, 6.45) is -0.148. The number of hydrogen-bond acceptors (Lipinski definition) is 1. The quantitative estimate of drug-likeness (QED) is 0.778. The Morgan fingerprint density at radius 1 is 1.06 bits per heavy atom. The first-order chi connectivity index (χ1) is 8.56. The summed E-state index contributed by atoms with van der Waals surface area (Å²) in [6, 6.07) is 9.85. The molecule has 0 saturated carbocycles. The standard InChI is InChI=1S/C14H9BrF2O/c15-11-3-1-9(2-4-11)14(18)8-10-7-12(16)5-6-13(10)17/h1-7H,8H2. The van der Waals surface area contributed by atoms with E-state index < -0.39 is 11.6 Å². The van der Waals surface area contributed by atoms with Gasteiger partial charge in [0.05, 0.1) is 0 Å². The van der Waals surface area contributed by atoms with Crippen molar-refractivity contribution in [3.8, 4) is 0 Å². The van der Waals surface area contributed by atoms with Gasteiger partial charge >= 0.3 is 0 Å². The Morgan fingerprint density at radius 3 is 2.39 bits per heavy atom. The molecule has 0 fully saturated rings. The molecule has 2 rings (SSSR count). The van der Waals surface area contributed by atoms with E-state index >= 15 is 0 Å². The van der Waals surface area contributed by atoms with Gasteiger partial charge in [0.25, 0.3) is 0 Å². The first-order valence-corrected chi connectivity index (χ1v) is 6.08. The SMILES string of the molecule is O=C(Cc1cc(F)ccc1F)c1ccc(Br)cc1. The van der Waals surface area contributed by atoms with E-state index in [-0.39, 0.29) is 17.8 Å². The van der Waals surface area contributed by atoms with Crippen molar-refractivity contribution < 1.29 is 13.6 Å². The van der Waals surface area contributed by atoms with Crippen LogP contribution in [0.15, 0.2) is 46.9 Å². The number of carbonyl (C=O) groups excluding carboxylic acids is 1. The van der Waals surface area contributed by atoms with E-state index in [9.17, 15) is 13.6 Å². The highest BCUT2D eigenvalue weighted by Gasteiger charge is 2.11. The van der Waals surface area contributed by atoms with Crippen LogP contribution in [0.3, 0.4) is 0 Å². The van der Waals surface area contributed by atoms with E-state index in [1.165, 1.54) is 0 Å². The molecule has 1 nitrogen and oxygen atoms in total. The van der Waals surface area contributed by atoms with Crippen molar-refractivity contribution in [2.45, 2.75) is 6.42 Å². The molecule has 4 heteroatoms. The van der Waals surface area contributed by atoms with Gasteiger partial charge in [-0.15, -0.1) is 0 Å². The van der Waals surface area contributed by atoms with Crippen LogP contribution in [-0.2, 0) is 6.42 Å². The van der Waals surface area contributed by atoms with E-state index in [0.29, 0.717) is 5.56 Å². The van der Waals surface area contributed by atoms with E-state index in [1.807, 2.05) is 0 Å². The van der Waals surface area contributed by atoms with Crippen molar-refractivity contribution in [3.05, 3.63) is 69.7 Å². The lowest BCUT2D eigenvalue weighted by Gasteiger charge is -2.03. The van der Waals surface area contributed by atoms with Crippen LogP contribution >= 0.6 is 15.9 Å². The summed E-state index contributed by atoms with van der Waals surface area (Å²) >= 11 is 3.26. The van der Waals surface area contributed by atoms with Crippen LogP contribution in [0.5, 0.6) is 0 Å². The van der Waals surface area contributed by atoms with Crippen LogP contribution in [0.2, 0.25) is 0 Å². The lowest BCUT2D eigenvalue weighted by molar-refractivity contribution is 0.0992. The smallest absolute Gasteiger partial charge is 0.167 e. The summed E-state index contributed by atoms with van der Waals surface area (Å²) in [4.78, 5) is 11.9. The van der Waals surface area contributed by atoms with Gasteiger partial charge in [0.2, 0.25) is 0 Å². The average molecular weight is 311 g/mol. The van der Waals surface area contributed by atoms with Gasteiger partial charge in [-0.25, -0.2) is 8.78 Å². The minimum absolute atomic E-state index is 0.0721. The topological polar surface area (TPSA) is 17.1 Å². The van der Waals surface area contributed by atoms with Crippen LogP contribution in [0, 0.1) is 11.6 Å². The molecule has 0 saturated heterocycles. The van der Waals surface area contributed by atoms with Gasteiger partial charge in [0.15, 0.2) is 5.78 Å². The Hall–Kier alpha value is -1.55. The highest BCUT2D eigenvalue weighted by Crippen LogP contribution is 2.15. The average Bonchev–Trinajstić information content (AvgIpc) is 2.34. The minimum atomic E-state index is -0.568. The van der Waals surface area contributed by atoms with Crippen molar-refractivity contribution in [2.75, 3.05) is 0 Å². The molecule has 2 aromatic rings. The normalized spacial score (nSPS) is 10.4. The zero-order chi connectivity index (χ0) is 13.1. The van der Waals surface area contributed by atoms with Crippen LogP contribution < -0.4 is 0 Å². The molecule has 0 bridgehead atoms. The van der Waals surface area contributed by atoms with Crippen LogP contribution in [0.4, 0.5) is 8.78 Å². The van der Waals surface area contributed by atoms with E-state index in [2.05, 4.69) is 15.9 Å². The zero-order valence-corrected chi connectivity index (χ0v) is 10.9. The lowest BCUT2D eigenvalue weighted by Crippen LogP contribution is -2.05. The van der Waals surface area contributed by atoms with Crippen molar-refractivity contribution in [1.29, 1.82) is 0 Å². The second-order valence-electron chi connectivity index (χ2n) is 3.84. The van der Waals surface area contributed by atoms with Crippen LogP contribution in [0.1, 0.15) is 15.9 Å². The monoisotopic (exact) mass is 310 g/mol. The summed E-state index contributed by atoms with van der Waals surface area (Å²) in [5, 5.41) is 0. The third kappa shape index (κ3) is 3.01. The van der Waals surface area contributed by atoms with Crippen molar-refractivity contribution in [3.63, 3.8) is 0 Å². The van der Waals surface area contributed by atoms with Gasteiger partial charge < -0.3 is 0 Å². The number of rotatable bonds is 3. The number of carbonyl (C=O) groups is 1. The molecule has 18 heavy (non-hydrogen) atoms. The summed E-state index contributed by atoms with van der Waals surface area (Å²) in [5.74, 6) is -1.36. The highest BCUT2D eigenvalue weighted by atomic mass is 79.9. The van der Waals surface area contributed by atoms with Gasteiger partial charge in [-0.2, -0.15) is 0 Å². The summed E-state index contributed by atoms with van der Waals surface area (Å²) in [5.41, 5.74) is 0.546. The molecule has 0 heterocycles. The zero-order valence-electron chi connectivity index (χ0n) is 9.29. The molecular weight excluding hydrogens is 302 g/mol. The van der Waals surface area contributed by atoms with Gasteiger partial charge in [-0.05, 0) is 35.9 Å². The maximum Gasteiger partial charge on any atom is 0.167 e. The molecule has 0 aliphatic heterocycles. The molecule has 0 N–H and O–H groups in total. The maximum absolute atomic E-state index is 13.4. The third-order valence-electron chi connectivity index (χ3n) is 2.52. The van der Waals surface area contributed by atoms with Crippen molar-refractivity contribution >= 4 is 21.7 Å². The summed E-state index contributed by atoms with van der Waals surface area (Å²) < 4.78 is 27.2. The molecule has 0 spiro atoms. The molecular formula is C14H9BrF2O. The predicted octanol–water partition coefficient (Wildman–Crippen LogP) is 4.15. The molecule has 0 unspecified atom stereocenters. The van der Waals surface area contributed by atoms with Gasteiger partial charge in [-0.1, -0.05) is 28.1 Å². The van der Waals surface area contributed by atoms with Crippen molar-refractivity contribution in [2.24, 2.45) is 0 Å². The van der Waals surface area contributed by atoms with E-state index in [1.54, 1.807) is 24.3 Å². The number of ketones is 1. The van der Waals surface area contributed by atoms with Crippen molar-refractivity contribution in [1.82, 2.24) is 0 Å². The molecule has 0 radical (unpaired) electrons. The molecule has 92 valence electrons. The number of benzene rings is 2. The number of hydrogen-bond donors (Lipinski definition) is 0. The molecule has 0 aliphatic rings. The largest absolute Gasteiger partial charge is 0.294 e. The molecule has 2 aromatic carbocycles. The fraction of sp³-hybridized carbons (Fsp3) is 0.0714. The Balaban J connectivity index is 2.21. The van der Waals surface area contributed by atoms with Gasteiger partial charge in [-0.3, -0.25) is 4.79 Å².